The van der Waals surface area contributed by atoms with Gasteiger partial charge in [0.1, 0.15) is 4.90 Å². The van der Waals surface area contributed by atoms with Gasteiger partial charge in [-0.05, 0) is 23.8 Å². The van der Waals surface area contributed by atoms with E-state index in [-0.39, 0.29) is 9.92 Å². The van der Waals surface area contributed by atoms with Crippen molar-refractivity contribution in [2.45, 2.75) is 4.90 Å². The molecule has 1 aromatic rings. The number of hydrogen-bond acceptors (Lipinski definition) is 4. The Balaban J connectivity index is 3.06. The van der Waals surface area contributed by atoms with E-state index in [0.29, 0.717) is 5.56 Å². The van der Waals surface area contributed by atoms with Crippen LogP contribution in [0.2, 0.25) is 5.02 Å². The highest BCUT2D eigenvalue weighted by Gasteiger charge is 2.12. The molecule has 0 radical (unpaired) electrons. The molecule has 0 heterocycles. The predicted octanol–water partition coefficient (Wildman–Crippen LogP) is 1.17. The molecular formula is C10H10ClNO4S. The predicted molar refractivity (Wildman–Crippen MR) is 63.9 cm³/mol. The number of hydrogen-bond donors (Lipinski definition) is 1. The molecule has 0 unspecified atom stereocenters. The first-order valence-corrected chi connectivity index (χ1v) is 6.35. The highest BCUT2D eigenvalue weighted by molar-refractivity contribution is 7.89. The third kappa shape index (κ3) is 3.85. The number of halogens is 1. The molecule has 0 fully saturated rings. The molecule has 0 aliphatic heterocycles. The van der Waals surface area contributed by atoms with Gasteiger partial charge in [0.2, 0.25) is 10.0 Å². The van der Waals surface area contributed by atoms with Gasteiger partial charge in [-0.15, -0.1) is 0 Å². The van der Waals surface area contributed by atoms with Crippen LogP contribution in [0.5, 0.6) is 0 Å². The zero-order valence-corrected chi connectivity index (χ0v) is 10.5. The van der Waals surface area contributed by atoms with E-state index in [0.717, 1.165) is 0 Å². The van der Waals surface area contributed by atoms with Gasteiger partial charge in [0.05, 0.1) is 12.1 Å². The number of sulfonamides is 1. The minimum absolute atomic E-state index is 0.000448. The van der Waals surface area contributed by atoms with Crippen LogP contribution >= 0.6 is 11.6 Å². The lowest BCUT2D eigenvalue weighted by Crippen LogP contribution is -2.12. The van der Waals surface area contributed by atoms with Gasteiger partial charge in [-0.1, -0.05) is 17.7 Å². The Kier molecular flexibility index (Phi) is 4.28. The summed E-state index contributed by atoms with van der Waals surface area (Å²) in [4.78, 5) is 10.7. The number of primary sulfonamides is 1. The summed E-state index contributed by atoms with van der Waals surface area (Å²) in [5.41, 5.74) is 0.563. The molecule has 0 aliphatic carbocycles. The van der Waals surface area contributed by atoms with E-state index >= 15 is 0 Å². The number of esters is 1. The van der Waals surface area contributed by atoms with E-state index in [2.05, 4.69) is 4.74 Å². The maximum absolute atomic E-state index is 11.1. The van der Waals surface area contributed by atoms with Crippen molar-refractivity contribution in [1.82, 2.24) is 0 Å². The quantitative estimate of drug-likeness (QED) is 0.663. The summed E-state index contributed by atoms with van der Waals surface area (Å²) in [5, 5.41) is 4.95. The summed E-state index contributed by atoms with van der Waals surface area (Å²) in [6, 6.07) is 4.14. The first kappa shape index (κ1) is 13.7. The summed E-state index contributed by atoms with van der Waals surface area (Å²) in [5.74, 6) is -0.517. The Morgan fingerprint density at radius 2 is 2.12 bits per heavy atom. The highest BCUT2D eigenvalue weighted by atomic mass is 35.5. The van der Waals surface area contributed by atoms with E-state index in [1.165, 1.54) is 37.5 Å². The Bertz CT molecular complexity index is 566. The third-order valence-electron chi connectivity index (χ3n) is 1.88. The van der Waals surface area contributed by atoms with Crippen LogP contribution in [0.3, 0.4) is 0 Å². The van der Waals surface area contributed by atoms with Crippen molar-refractivity contribution in [2.75, 3.05) is 7.11 Å². The molecule has 92 valence electrons. The Morgan fingerprint density at radius 3 is 2.59 bits per heavy atom. The zero-order chi connectivity index (χ0) is 13.1. The number of carbonyl (C=O) groups is 1. The van der Waals surface area contributed by atoms with Crippen molar-refractivity contribution in [3.8, 4) is 0 Å². The number of carbonyl (C=O) groups excluding carboxylic acids is 1. The lowest BCUT2D eigenvalue weighted by molar-refractivity contribution is -0.134. The second-order valence-corrected chi connectivity index (χ2v) is 5.03. The molecule has 0 bridgehead atoms. The minimum Gasteiger partial charge on any atom is -0.466 e. The number of methoxy groups -OCH3 is 1. The number of nitrogens with two attached hydrogens (primary N) is 1. The molecule has 5 nitrogen and oxygen atoms in total. The van der Waals surface area contributed by atoms with E-state index < -0.39 is 16.0 Å². The summed E-state index contributed by atoms with van der Waals surface area (Å²) in [6.45, 7) is 0. The summed E-state index contributed by atoms with van der Waals surface area (Å²) >= 11 is 5.75. The molecule has 1 aromatic carbocycles. The average Bonchev–Trinajstić information content (AvgIpc) is 2.24. The highest BCUT2D eigenvalue weighted by Crippen LogP contribution is 2.22. The van der Waals surface area contributed by atoms with Crippen molar-refractivity contribution >= 4 is 33.7 Å². The zero-order valence-electron chi connectivity index (χ0n) is 8.88. The van der Waals surface area contributed by atoms with E-state index in [1.807, 2.05) is 0 Å². The van der Waals surface area contributed by atoms with Gasteiger partial charge in [-0.3, -0.25) is 0 Å². The molecule has 0 aromatic heterocycles. The molecule has 0 spiro atoms. The Hall–Kier alpha value is -1.37. The van der Waals surface area contributed by atoms with Crippen LogP contribution in [0, 0.1) is 0 Å². The van der Waals surface area contributed by atoms with Gasteiger partial charge in [0.25, 0.3) is 0 Å². The summed E-state index contributed by atoms with van der Waals surface area (Å²) in [6.07, 6.45) is 2.65. The van der Waals surface area contributed by atoms with Gasteiger partial charge in [0.15, 0.2) is 0 Å². The molecule has 0 amide bonds. The van der Waals surface area contributed by atoms with Gasteiger partial charge < -0.3 is 4.74 Å². The van der Waals surface area contributed by atoms with Crippen molar-refractivity contribution in [3.63, 3.8) is 0 Å². The Morgan fingerprint density at radius 1 is 1.47 bits per heavy atom. The maximum Gasteiger partial charge on any atom is 0.330 e. The number of benzene rings is 1. The lowest BCUT2D eigenvalue weighted by atomic mass is 10.2. The minimum atomic E-state index is -3.83. The molecule has 2 N–H and O–H groups in total. The van der Waals surface area contributed by atoms with Crippen molar-refractivity contribution in [2.24, 2.45) is 5.14 Å². The van der Waals surface area contributed by atoms with Crippen LogP contribution < -0.4 is 5.14 Å². The van der Waals surface area contributed by atoms with Crippen LogP contribution in [0.4, 0.5) is 0 Å². The van der Waals surface area contributed by atoms with E-state index in [4.69, 9.17) is 16.7 Å². The number of rotatable bonds is 3. The summed E-state index contributed by atoms with van der Waals surface area (Å²) < 4.78 is 26.6. The fourth-order valence-corrected chi connectivity index (χ4v) is 2.18. The number of ether oxygens (including phenoxy) is 1. The van der Waals surface area contributed by atoms with Gasteiger partial charge in [-0.25, -0.2) is 18.4 Å². The fourth-order valence-electron chi connectivity index (χ4n) is 1.08. The normalized spacial score (nSPS) is 11.7. The van der Waals surface area contributed by atoms with Gasteiger partial charge >= 0.3 is 5.97 Å². The first-order valence-electron chi connectivity index (χ1n) is 4.43. The van der Waals surface area contributed by atoms with Crippen molar-refractivity contribution in [3.05, 3.63) is 34.9 Å². The fraction of sp³-hybridized carbons (Fsp3) is 0.100. The molecular weight excluding hydrogens is 266 g/mol. The van der Waals surface area contributed by atoms with Crippen LogP contribution in [-0.4, -0.2) is 21.5 Å². The SMILES string of the molecule is COC(=O)C=Cc1ccc(S(N)(=O)=O)c(Cl)c1. The van der Waals surface area contributed by atoms with E-state index in [9.17, 15) is 13.2 Å². The molecule has 0 saturated heterocycles. The molecule has 7 heteroatoms. The summed E-state index contributed by atoms with van der Waals surface area (Å²) in [7, 11) is -2.58. The molecule has 17 heavy (non-hydrogen) atoms. The second kappa shape index (κ2) is 5.31. The topological polar surface area (TPSA) is 86.5 Å². The lowest BCUT2D eigenvalue weighted by Gasteiger charge is -2.02. The molecule has 0 aliphatic rings. The van der Waals surface area contributed by atoms with Crippen molar-refractivity contribution < 1.29 is 17.9 Å². The van der Waals surface area contributed by atoms with Crippen LogP contribution in [0.15, 0.2) is 29.2 Å². The standard InChI is InChI=1S/C10H10ClNO4S/c1-16-10(13)5-3-7-2-4-9(8(11)6-7)17(12,14)15/h2-6H,1H3,(H2,12,14,15). The molecule has 0 saturated carbocycles. The second-order valence-electron chi connectivity index (χ2n) is 3.09. The molecule has 1 rings (SSSR count). The van der Waals surface area contributed by atoms with Crippen LogP contribution in [-0.2, 0) is 19.6 Å². The molecule has 0 atom stereocenters. The van der Waals surface area contributed by atoms with Gasteiger partial charge in [0, 0.05) is 6.08 Å². The monoisotopic (exact) mass is 275 g/mol. The van der Waals surface area contributed by atoms with Crippen LogP contribution in [0.1, 0.15) is 5.56 Å². The van der Waals surface area contributed by atoms with E-state index in [1.54, 1.807) is 0 Å². The smallest absolute Gasteiger partial charge is 0.330 e. The Labute approximate surface area is 104 Å². The largest absolute Gasteiger partial charge is 0.466 e. The van der Waals surface area contributed by atoms with Crippen molar-refractivity contribution in [1.29, 1.82) is 0 Å². The maximum atomic E-state index is 11.1. The van der Waals surface area contributed by atoms with Gasteiger partial charge in [-0.2, -0.15) is 0 Å². The average molecular weight is 276 g/mol. The first-order chi connectivity index (χ1) is 7.84. The van der Waals surface area contributed by atoms with Crippen LogP contribution in [0.25, 0.3) is 6.08 Å². The third-order valence-corrected chi connectivity index (χ3v) is 3.27.